The van der Waals surface area contributed by atoms with Gasteiger partial charge in [-0.05, 0) is 12.8 Å². The molecule has 3 nitrogen and oxygen atoms in total. The van der Waals surface area contributed by atoms with E-state index in [9.17, 15) is 9.59 Å². The Morgan fingerprint density at radius 1 is 1.07 bits per heavy atom. The highest BCUT2D eigenvalue weighted by atomic mass is 16.5. The van der Waals surface area contributed by atoms with Crippen molar-refractivity contribution in [1.29, 1.82) is 0 Å². The number of ether oxygens (including phenoxy) is 1. The summed E-state index contributed by atoms with van der Waals surface area (Å²) in [5, 5.41) is 0. The van der Waals surface area contributed by atoms with Gasteiger partial charge in [-0.15, -0.1) is 0 Å². The van der Waals surface area contributed by atoms with Crippen molar-refractivity contribution in [3.8, 4) is 0 Å². The molecule has 0 radical (unpaired) electrons. The molecule has 0 unspecified atom stereocenters. The van der Waals surface area contributed by atoms with E-state index >= 15 is 0 Å². The summed E-state index contributed by atoms with van der Waals surface area (Å²) in [5.74, 6) is 0. The molecular formula is C11H20O3. The van der Waals surface area contributed by atoms with Crippen LogP contribution in [0.1, 0.15) is 46.0 Å². The second-order valence-corrected chi connectivity index (χ2v) is 4.24. The minimum absolute atomic E-state index is 0.181. The van der Waals surface area contributed by atoms with Gasteiger partial charge < -0.3 is 9.53 Å². The van der Waals surface area contributed by atoms with Crippen LogP contribution in [0.15, 0.2) is 0 Å². The Morgan fingerprint density at radius 2 is 1.71 bits per heavy atom. The van der Waals surface area contributed by atoms with Crippen LogP contribution in [0.25, 0.3) is 0 Å². The molecule has 0 atom stereocenters. The van der Waals surface area contributed by atoms with E-state index in [0.29, 0.717) is 13.1 Å². The number of rotatable bonds is 9. The van der Waals surface area contributed by atoms with Crippen LogP contribution in [0, 0.1) is 5.41 Å². The first-order valence-corrected chi connectivity index (χ1v) is 5.14. The van der Waals surface area contributed by atoms with Crippen molar-refractivity contribution >= 4 is 12.8 Å². The minimum atomic E-state index is -0.181. The van der Waals surface area contributed by atoms with Crippen molar-refractivity contribution in [3.05, 3.63) is 0 Å². The van der Waals surface area contributed by atoms with Crippen LogP contribution < -0.4 is 0 Å². The summed E-state index contributed by atoms with van der Waals surface area (Å²) in [6, 6.07) is 0. The molecule has 0 aliphatic heterocycles. The van der Waals surface area contributed by atoms with E-state index in [4.69, 9.17) is 0 Å². The number of hydrogen-bond acceptors (Lipinski definition) is 3. The second kappa shape index (κ2) is 7.54. The van der Waals surface area contributed by atoms with Crippen LogP contribution in [0.4, 0.5) is 0 Å². The summed E-state index contributed by atoms with van der Waals surface area (Å²) < 4.78 is 4.57. The molecule has 0 aliphatic rings. The molecule has 0 rings (SSSR count). The van der Waals surface area contributed by atoms with Crippen LogP contribution in [0.2, 0.25) is 0 Å². The van der Waals surface area contributed by atoms with E-state index in [0.717, 1.165) is 38.4 Å². The van der Waals surface area contributed by atoms with Crippen LogP contribution in [-0.2, 0) is 14.3 Å². The zero-order chi connectivity index (χ0) is 10.9. The summed E-state index contributed by atoms with van der Waals surface area (Å²) in [4.78, 5) is 20.4. The van der Waals surface area contributed by atoms with Crippen molar-refractivity contribution < 1.29 is 14.3 Å². The van der Waals surface area contributed by atoms with Crippen molar-refractivity contribution in [2.24, 2.45) is 5.41 Å². The lowest BCUT2D eigenvalue weighted by atomic mass is 9.89. The van der Waals surface area contributed by atoms with E-state index in [-0.39, 0.29) is 5.41 Å². The summed E-state index contributed by atoms with van der Waals surface area (Å²) in [6.45, 7) is 4.90. The average molecular weight is 200 g/mol. The maximum absolute atomic E-state index is 10.6. The van der Waals surface area contributed by atoms with E-state index < -0.39 is 0 Å². The number of carbonyl (C=O) groups excluding carboxylic acids is 2. The highest BCUT2D eigenvalue weighted by Crippen LogP contribution is 2.20. The molecule has 0 aromatic heterocycles. The topological polar surface area (TPSA) is 43.4 Å². The SMILES string of the molecule is CC(C)(C=O)CCCCCCOC=O. The van der Waals surface area contributed by atoms with Gasteiger partial charge >= 0.3 is 0 Å². The predicted molar refractivity (Wildman–Crippen MR) is 54.9 cm³/mol. The van der Waals surface area contributed by atoms with Gasteiger partial charge in [0, 0.05) is 5.41 Å². The standard InChI is InChI=1S/C11H20O3/c1-11(2,9-12)7-5-3-4-6-8-14-10-13/h9-10H,3-8H2,1-2H3. The Balaban J connectivity index is 3.21. The summed E-state index contributed by atoms with van der Waals surface area (Å²) in [5.41, 5.74) is -0.181. The second-order valence-electron chi connectivity index (χ2n) is 4.24. The Hall–Kier alpha value is -0.860. The molecule has 0 fully saturated rings. The summed E-state index contributed by atoms with van der Waals surface area (Å²) in [7, 11) is 0. The van der Waals surface area contributed by atoms with Crippen LogP contribution in [0.3, 0.4) is 0 Å². The van der Waals surface area contributed by atoms with Crippen molar-refractivity contribution in [3.63, 3.8) is 0 Å². The number of unbranched alkanes of at least 4 members (excludes halogenated alkanes) is 3. The molecule has 82 valence electrons. The largest absolute Gasteiger partial charge is 0.468 e. The lowest BCUT2D eigenvalue weighted by molar-refractivity contribution is -0.128. The molecule has 0 aromatic carbocycles. The first-order chi connectivity index (χ1) is 6.62. The van der Waals surface area contributed by atoms with Gasteiger partial charge in [0.15, 0.2) is 0 Å². The zero-order valence-corrected chi connectivity index (χ0v) is 9.12. The molecule has 0 aliphatic carbocycles. The molecule has 0 saturated carbocycles. The van der Waals surface area contributed by atoms with Crippen molar-refractivity contribution in [2.45, 2.75) is 46.0 Å². The smallest absolute Gasteiger partial charge is 0.293 e. The van der Waals surface area contributed by atoms with Gasteiger partial charge in [0.1, 0.15) is 6.29 Å². The van der Waals surface area contributed by atoms with Crippen LogP contribution in [0.5, 0.6) is 0 Å². The van der Waals surface area contributed by atoms with Gasteiger partial charge in [0.2, 0.25) is 0 Å². The van der Waals surface area contributed by atoms with Crippen molar-refractivity contribution in [1.82, 2.24) is 0 Å². The maximum Gasteiger partial charge on any atom is 0.293 e. The molecule has 0 N–H and O–H groups in total. The van der Waals surface area contributed by atoms with E-state index in [2.05, 4.69) is 4.74 Å². The van der Waals surface area contributed by atoms with E-state index in [1.807, 2.05) is 13.8 Å². The van der Waals surface area contributed by atoms with Crippen LogP contribution in [-0.4, -0.2) is 19.4 Å². The Bertz CT molecular complexity index is 164. The molecular weight excluding hydrogens is 180 g/mol. The van der Waals surface area contributed by atoms with E-state index in [1.165, 1.54) is 0 Å². The Morgan fingerprint density at radius 3 is 2.29 bits per heavy atom. The third-order valence-electron chi connectivity index (χ3n) is 2.22. The lowest BCUT2D eigenvalue weighted by Crippen LogP contribution is -2.12. The van der Waals surface area contributed by atoms with Gasteiger partial charge in [0.05, 0.1) is 6.61 Å². The monoisotopic (exact) mass is 200 g/mol. The fourth-order valence-electron chi connectivity index (χ4n) is 1.23. The lowest BCUT2D eigenvalue weighted by Gasteiger charge is -2.15. The number of hydrogen-bond donors (Lipinski definition) is 0. The van der Waals surface area contributed by atoms with Gasteiger partial charge in [-0.2, -0.15) is 0 Å². The molecule has 0 heterocycles. The zero-order valence-electron chi connectivity index (χ0n) is 9.12. The first kappa shape index (κ1) is 13.1. The normalized spacial score (nSPS) is 11.0. The average Bonchev–Trinajstić information content (AvgIpc) is 2.16. The van der Waals surface area contributed by atoms with Gasteiger partial charge in [-0.3, -0.25) is 4.79 Å². The summed E-state index contributed by atoms with van der Waals surface area (Å²) in [6.07, 6.45) is 6.09. The molecule has 0 aromatic rings. The molecule has 0 spiro atoms. The van der Waals surface area contributed by atoms with Gasteiger partial charge in [-0.25, -0.2) is 0 Å². The molecule has 0 saturated heterocycles. The third-order valence-corrected chi connectivity index (χ3v) is 2.22. The molecule has 0 amide bonds. The quantitative estimate of drug-likeness (QED) is 0.424. The summed E-state index contributed by atoms with van der Waals surface area (Å²) >= 11 is 0. The Kier molecular flexibility index (Phi) is 7.07. The predicted octanol–water partition coefficient (Wildman–Crippen LogP) is 2.33. The van der Waals surface area contributed by atoms with Crippen molar-refractivity contribution in [2.75, 3.05) is 6.61 Å². The highest BCUT2D eigenvalue weighted by Gasteiger charge is 2.14. The van der Waals surface area contributed by atoms with Gasteiger partial charge in [-0.1, -0.05) is 33.1 Å². The number of carbonyl (C=O) groups is 2. The molecule has 0 bridgehead atoms. The molecule has 3 heteroatoms. The van der Waals surface area contributed by atoms with E-state index in [1.54, 1.807) is 0 Å². The van der Waals surface area contributed by atoms with Gasteiger partial charge in [0.25, 0.3) is 6.47 Å². The fourth-order valence-corrected chi connectivity index (χ4v) is 1.23. The number of aldehydes is 1. The Labute approximate surface area is 85.8 Å². The first-order valence-electron chi connectivity index (χ1n) is 5.14. The minimum Gasteiger partial charge on any atom is -0.468 e. The fraction of sp³-hybridized carbons (Fsp3) is 0.818. The highest BCUT2D eigenvalue weighted by molar-refractivity contribution is 5.57. The van der Waals surface area contributed by atoms with Crippen LogP contribution >= 0.6 is 0 Å². The third kappa shape index (κ3) is 7.77. The molecule has 14 heavy (non-hydrogen) atoms. The maximum atomic E-state index is 10.6.